The van der Waals surface area contributed by atoms with Crippen LogP contribution < -0.4 is 15.8 Å². The first-order valence-corrected chi connectivity index (χ1v) is 16.6. The van der Waals surface area contributed by atoms with E-state index in [1.807, 2.05) is 22.9 Å². The van der Waals surface area contributed by atoms with Crippen LogP contribution in [0.5, 0.6) is 5.75 Å². The van der Waals surface area contributed by atoms with Crippen molar-refractivity contribution in [2.24, 2.45) is 0 Å². The number of carboxylic acids is 2. The maximum absolute atomic E-state index is 12.9. The SMILES string of the molecule is CC(=O)O.CC(=O)O.COc1cc(-c2nn(C3CCC(N4CCN(C)CC4)CC3)c3ncnc(N)c23)ccc1NCc1ccc(C(F)(F)F)cc1. The van der Waals surface area contributed by atoms with Crippen LogP contribution in [0.1, 0.15) is 56.7 Å². The van der Waals surface area contributed by atoms with E-state index in [4.69, 9.17) is 35.4 Å². The van der Waals surface area contributed by atoms with Crippen LogP contribution in [-0.2, 0) is 22.3 Å². The molecule has 1 aliphatic heterocycles. The third-order valence-electron chi connectivity index (χ3n) is 8.82. The lowest BCUT2D eigenvalue weighted by Crippen LogP contribution is -2.49. The summed E-state index contributed by atoms with van der Waals surface area (Å²) in [6.07, 6.45) is 1.42. The summed E-state index contributed by atoms with van der Waals surface area (Å²) in [5.74, 6) is -0.712. The summed E-state index contributed by atoms with van der Waals surface area (Å²) < 4.78 is 46.5. The van der Waals surface area contributed by atoms with Gasteiger partial charge in [-0.15, -0.1) is 0 Å². The minimum absolute atomic E-state index is 0.223. The quantitative estimate of drug-likeness (QED) is 0.186. The molecule has 2 aliphatic rings. The van der Waals surface area contributed by atoms with E-state index in [1.54, 1.807) is 7.11 Å². The van der Waals surface area contributed by atoms with E-state index in [2.05, 4.69) is 32.1 Å². The van der Waals surface area contributed by atoms with E-state index < -0.39 is 23.7 Å². The molecule has 5 N–H and O–H groups in total. The predicted octanol–water partition coefficient (Wildman–Crippen LogP) is 5.63. The molecule has 2 aromatic carbocycles. The van der Waals surface area contributed by atoms with E-state index in [0.29, 0.717) is 35.5 Å². The summed E-state index contributed by atoms with van der Waals surface area (Å²) in [5.41, 5.74) is 9.39. The van der Waals surface area contributed by atoms with Crippen LogP contribution in [0.3, 0.4) is 0 Å². The first kappa shape index (κ1) is 38.8. The number of methoxy groups -OCH3 is 1. The highest BCUT2D eigenvalue weighted by molar-refractivity contribution is 5.98. The number of piperazine rings is 1. The van der Waals surface area contributed by atoms with E-state index in [1.165, 1.54) is 18.5 Å². The van der Waals surface area contributed by atoms with Gasteiger partial charge < -0.3 is 30.9 Å². The van der Waals surface area contributed by atoms with Gasteiger partial charge in [-0.1, -0.05) is 18.2 Å². The van der Waals surface area contributed by atoms with E-state index in [0.717, 1.165) is 100 Å². The number of fused-ring (bicyclic) bond motifs is 1. The van der Waals surface area contributed by atoms with Gasteiger partial charge in [0, 0.05) is 58.2 Å². The Morgan fingerprint density at radius 1 is 0.941 bits per heavy atom. The molecule has 3 heterocycles. The fourth-order valence-electron chi connectivity index (χ4n) is 6.30. The van der Waals surface area contributed by atoms with Crippen molar-refractivity contribution in [1.29, 1.82) is 0 Å². The number of anilines is 2. The predicted molar refractivity (Wildman–Crippen MR) is 187 cm³/mol. The van der Waals surface area contributed by atoms with Crippen molar-refractivity contribution < 1.29 is 37.7 Å². The molecule has 0 radical (unpaired) electrons. The third-order valence-corrected chi connectivity index (χ3v) is 8.82. The summed E-state index contributed by atoms with van der Waals surface area (Å²) in [7, 11) is 3.76. The van der Waals surface area contributed by atoms with Gasteiger partial charge in [0.1, 0.15) is 23.6 Å². The van der Waals surface area contributed by atoms with Crippen LogP contribution in [-0.4, -0.2) is 98.1 Å². The average Bonchev–Trinajstić information content (AvgIpc) is 3.48. The highest BCUT2D eigenvalue weighted by Crippen LogP contribution is 2.39. The summed E-state index contributed by atoms with van der Waals surface area (Å²) in [5, 5.41) is 23.9. The molecule has 0 amide bonds. The van der Waals surface area contributed by atoms with Crippen molar-refractivity contribution in [2.45, 2.75) is 64.3 Å². The van der Waals surface area contributed by atoms with Gasteiger partial charge in [-0.2, -0.15) is 18.3 Å². The van der Waals surface area contributed by atoms with Gasteiger partial charge in [0.15, 0.2) is 5.65 Å². The number of aromatic nitrogens is 4. The smallest absolute Gasteiger partial charge is 0.416 e. The minimum Gasteiger partial charge on any atom is -0.495 e. The van der Waals surface area contributed by atoms with Crippen LogP contribution in [0.4, 0.5) is 24.7 Å². The molecular weight excluding hydrogens is 669 g/mol. The van der Waals surface area contributed by atoms with Crippen LogP contribution in [0, 0.1) is 0 Å². The fraction of sp³-hybridized carbons (Fsp3) is 0.457. The number of hydrogen-bond acceptors (Lipinski definition) is 10. The van der Waals surface area contributed by atoms with Gasteiger partial charge in [-0.3, -0.25) is 14.5 Å². The van der Waals surface area contributed by atoms with Crippen LogP contribution in [0.2, 0.25) is 0 Å². The molecule has 51 heavy (non-hydrogen) atoms. The number of carboxylic acid groups (broad SMARTS) is 2. The molecule has 0 bridgehead atoms. The Hall–Kier alpha value is -4.96. The summed E-state index contributed by atoms with van der Waals surface area (Å²) >= 11 is 0. The zero-order valence-electron chi connectivity index (χ0n) is 29.2. The molecule has 0 atom stereocenters. The van der Waals surface area contributed by atoms with Gasteiger partial charge in [-0.25, -0.2) is 14.6 Å². The number of alkyl halides is 3. The van der Waals surface area contributed by atoms with E-state index in [9.17, 15) is 13.2 Å². The number of nitrogen functional groups attached to an aromatic ring is 1. The Kier molecular flexibility index (Phi) is 13.2. The number of aliphatic carboxylic acids is 2. The van der Waals surface area contributed by atoms with E-state index in [-0.39, 0.29) is 6.04 Å². The van der Waals surface area contributed by atoms with Crippen molar-refractivity contribution >= 4 is 34.5 Å². The number of benzene rings is 2. The summed E-state index contributed by atoms with van der Waals surface area (Å²) in [6, 6.07) is 11.6. The first-order valence-electron chi connectivity index (χ1n) is 16.6. The third kappa shape index (κ3) is 10.5. The number of likely N-dealkylation sites (N-methyl/N-ethyl adjacent to an activating group) is 1. The second kappa shape index (κ2) is 17.3. The Morgan fingerprint density at radius 2 is 1.53 bits per heavy atom. The number of nitrogens with one attached hydrogen (secondary N) is 1. The summed E-state index contributed by atoms with van der Waals surface area (Å²) in [4.78, 5) is 31.9. The molecule has 16 heteroatoms. The molecule has 4 aromatic rings. The Labute approximate surface area is 294 Å². The Morgan fingerprint density at radius 3 is 2.10 bits per heavy atom. The van der Waals surface area contributed by atoms with Gasteiger partial charge in [-0.05, 0) is 62.6 Å². The molecule has 2 fully saturated rings. The van der Waals surface area contributed by atoms with Crippen molar-refractivity contribution in [3.05, 3.63) is 59.9 Å². The fourth-order valence-corrected chi connectivity index (χ4v) is 6.30. The number of hydrogen-bond donors (Lipinski definition) is 4. The lowest BCUT2D eigenvalue weighted by atomic mass is 9.90. The maximum Gasteiger partial charge on any atom is 0.416 e. The molecule has 13 nitrogen and oxygen atoms in total. The molecule has 1 aliphatic carbocycles. The number of nitrogens with zero attached hydrogens (tertiary/aromatic N) is 6. The molecule has 6 rings (SSSR count). The minimum atomic E-state index is -4.36. The van der Waals surface area contributed by atoms with Gasteiger partial charge in [0.05, 0.1) is 29.8 Å². The van der Waals surface area contributed by atoms with Crippen molar-refractivity contribution in [2.75, 3.05) is 51.4 Å². The van der Waals surface area contributed by atoms with Gasteiger partial charge in [0.2, 0.25) is 0 Å². The maximum atomic E-state index is 12.9. The van der Waals surface area contributed by atoms with Crippen LogP contribution in [0.25, 0.3) is 22.3 Å². The number of carbonyl (C=O) groups is 2. The van der Waals surface area contributed by atoms with Crippen molar-refractivity contribution in [3.8, 4) is 17.0 Å². The highest BCUT2D eigenvalue weighted by atomic mass is 19.4. The molecule has 0 spiro atoms. The zero-order valence-corrected chi connectivity index (χ0v) is 29.2. The lowest BCUT2D eigenvalue weighted by molar-refractivity contribution is -0.138. The Balaban J connectivity index is 0.000000662. The normalized spacial score (nSPS) is 18.2. The molecule has 0 unspecified atom stereocenters. The molecule has 276 valence electrons. The van der Waals surface area contributed by atoms with E-state index >= 15 is 0 Å². The van der Waals surface area contributed by atoms with Crippen LogP contribution in [0.15, 0.2) is 48.8 Å². The van der Waals surface area contributed by atoms with Gasteiger partial charge >= 0.3 is 6.18 Å². The topological polar surface area (TPSA) is 172 Å². The number of nitrogens with two attached hydrogens (primary N) is 1. The molecular formula is C35H45F3N8O5. The average molecular weight is 715 g/mol. The number of halogens is 3. The van der Waals surface area contributed by atoms with Gasteiger partial charge in [0.25, 0.3) is 11.9 Å². The highest BCUT2D eigenvalue weighted by Gasteiger charge is 2.31. The number of ether oxygens (including phenoxy) is 1. The zero-order chi connectivity index (χ0) is 37.3. The molecule has 2 aromatic heterocycles. The summed E-state index contributed by atoms with van der Waals surface area (Å²) in [6.45, 7) is 7.00. The van der Waals surface area contributed by atoms with Crippen molar-refractivity contribution in [3.63, 3.8) is 0 Å². The lowest BCUT2D eigenvalue weighted by Gasteiger charge is -2.41. The first-order chi connectivity index (χ1) is 24.2. The monoisotopic (exact) mass is 714 g/mol. The number of rotatable bonds is 7. The molecule has 1 saturated carbocycles. The molecule has 1 saturated heterocycles. The second-order valence-electron chi connectivity index (χ2n) is 12.6. The largest absolute Gasteiger partial charge is 0.495 e. The van der Waals surface area contributed by atoms with Crippen LogP contribution >= 0.6 is 0 Å². The second-order valence-corrected chi connectivity index (χ2v) is 12.6. The Bertz CT molecular complexity index is 1750. The standard InChI is InChI=1S/C31H37F3N8O.2C2H4O2/c1-40-13-15-41(16-14-40)23-8-10-24(11-9-23)42-30-27(29(35)37-19-38-30)28(39-42)21-5-12-25(26(17-21)43-2)36-18-20-3-6-22(7-4-20)31(32,33)34;2*1-2(3)4/h3-7,12,17,19,23-24,36H,8-11,13-16,18H2,1-2H3,(H2,35,37,38);2*1H3,(H,3,4). The van der Waals surface area contributed by atoms with Crippen molar-refractivity contribution in [1.82, 2.24) is 29.5 Å².